The van der Waals surface area contributed by atoms with Gasteiger partial charge in [0.2, 0.25) is 10.0 Å². The van der Waals surface area contributed by atoms with Crippen LogP contribution in [0, 0.1) is 0 Å². The molecule has 2 aromatic rings. The van der Waals surface area contributed by atoms with Crippen LogP contribution in [-0.2, 0) is 16.6 Å². The molecular formula is C11H9Br2ClN2O2S2. The van der Waals surface area contributed by atoms with Crippen LogP contribution in [0.25, 0.3) is 0 Å². The smallest absolute Gasteiger partial charge is 0.242 e. The fraction of sp³-hybridized carbons (Fsp3) is 0.182. The minimum Gasteiger partial charge on any atom is -0.242 e. The van der Waals surface area contributed by atoms with Gasteiger partial charge in [0.05, 0.1) is 3.79 Å². The molecule has 0 amide bonds. The Morgan fingerprint density at radius 3 is 2.70 bits per heavy atom. The molecule has 20 heavy (non-hydrogen) atoms. The molecule has 0 radical (unpaired) electrons. The quantitative estimate of drug-likeness (QED) is 0.645. The second-order valence-corrected chi connectivity index (χ2v) is 9.54. The van der Waals surface area contributed by atoms with E-state index < -0.39 is 10.0 Å². The van der Waals surface area contributed by atoms with Crippen LogP contribution in [0.3, 0.4) is 0 Å². The molecule has 0 spiro atoms. The Morgan fingerprint density at radius 1 is 1.40 bits per heavy atom. The molecule has 2 aromatic heterocycles. The highest BCUT2D eigenvalue weighted by Gasteiger charge is 2.25. The SMILES string of the molecule is CN(Cc1csc(Br)c1)S(=O)(=O)c1cc(Br)cnc1Cl. The van der Waals surface area contributed by atoms with Crippen LogP contribution < -0.4 is 0 Å². The van der Waals surface area contributed by atoms with E-state index in [0.29, 0.717) is 4.47 Å². The molecule has 0 fully saturated rings. The topological polar surface area (TPSA) is 50.3 Å². The highest BCUT2D eigenvalue weighted by atomic mass is 79.9. The molecule has 0 aliphatic carbocycles. The number of nitrogens with zero attached hydrogens (tertiary/aromatic N) is 2. The van der Waals surface area contributed by atoms with Crippen molar-refractivity contribution >= 4 is 64.8 Å². The summed E-state index contributed by atoms with van der Waals surface area (Å²) in [6.45, 7) is 0.271. The molecule has 2 rings (SSSR count). The Kier molecular flexibility index (Phi) is 5.25. The summed E-state index contributed by atoms with van der Waals surface area (Å²) in [6.07, 6.45) is 1.46. The Hall–Kier alpha value is 0.01000. The summed E-state index contributed by atoms with van der Waals surface area (Å²) in [6, 6.07) is 3.34. The number of aromatic nitrogens is 1. The molecule has 0 N–H and O–H groups in total. The van der Waals surface area contributed by atoms with E-state index in [0.717, 1.165) is 9.35 Å². The monoisotopic (exact) mass is 458 g/mol. The van der Waals surface area contributed by atoms with Crippen LogP contribution in [0.5, 0.6) is 0 Å². The summed E-state index contributed by atoms with van der Waals surface area (Å²) in [5, 5.41) is 1.86. The fourth-order valence-electron chi connectivity index (χ4n) is 1.52. The molecule has 0 bridgehead atoms. The molecule has 0 saturated heterocycles. The van der Waals surface area contributed by atoms with Crippen LogP contribution in [0.15, 0.2) is 36.9 Å². The average molecular weight is 461 g/mol. The number of sulfonamides is 1. The summed E-state index contributed by atoms with van der Waals surface area (Å²) in [7, 11) is -2.17. The molecule has 0 aliphatic heterocycles. The second-order valence-electron chi connectivity index (χ2n) is 3.96. The van der Waals surface area contributed by atoms with Crippen LogP contribution >= 0.6 is 54.8 Å². The first-order chi connectivity index (χ1) is 9.30. The first-order valence-electron chi connectivity index (χ1n) is 5.31. The predicted molar refractivity (Wildman–Crippen MR) is 87.6 cm³/mol. The van der Waals surface area contributed by atoms with E-state index in [-0.39, 0.29) is 16.6 Å². The van der Waals surface area contributed by atoms with Crippen molar-refractivity contribution in [1.29, 1.82) is 0 Å². The van der Waals surface area contributed by atoms with Gasteiger partial charge in [0.25, 0.3) is 0 Å². The average Bonchev–Trinajstić information content (AvgIpc) is 2.77. The largest absolute Gasteiger partial charge is 0.246 e. The fourth-order valence-corrected chi connectivity index (χ4v) is 4.80. The number of hydrogen-bond acceptors (Lipinski definition) is 4. The minimum atomic E-state index is -3.68. The lowest BCUT2D eigenvalue weighted by Gasteiger charge is -2.17. The van der Waals surface area contributed by atoms with E-state index in [9.17, 15) is 8.42 Å². The van der Waals surface area contributed by atoms with Gasteiger partial charge in [-0.2, -0.15) is 4.31 Å². The molecule has 0 atom stereocenters. The number of thiophene rings is 1. The molecule has 108 valence electrons. The van der Waals surface area contributed by atoms with E-state index in [4.69, 9.17) is 11.6 Å². The maximum absolute atomic E-state index is 12.5. The minimum absolute atomic E-state index is 0.00895. The van der Waals surface area contributed by atoms with Crippen molar-refractivity contribution in [3.05, 3.63) is 42.7 Å². The van der Waals surface area contributed by atoms with Crippen molar-refractivity contribution in [3.63, 3.8) is 0 Å². The van der Waals surface area contributed by atoms with Gasteiger partial charge < -0.3 is 0 Å². The maximum atomic E-state index is 12.5. The Morgan fingerprint density at radius 2 is 2.10 bits per heavy atom. The molecule has 2 heterocycles. The molecular weight excluding hydrogens is 452 g/mol. The van der Waals surface area contributed by atoms with Crippen molar-refractivity contribution in [2.24, 2.45) is 0 Å². The van der Waals surface area contributed by atoms with Crippen LogP contribution in [0.2, 0.25) is 5.15 Å². The maximum Gasteiger partial charge on any atom is 0.246 e. The van der Waals surface area contributed by atoms with E-state index >= 15 is 0 Å². The second kappa shape index (κ2) is 6.41. The number of halogens is 3. The zero-order valence-electron chi connectivity index (χ0n) is 10.2. The summed E-state index contributed by atoms with van der Waals surface area (Å²) >= 11 is 13.9. The van der Waals surface area contributed by atoms with Gasteiger partial charge in [0.15, 0.2) is 0 Å². The Balaban J connectivity index is 2.32. The van der Waals surface area contributed by atoms with Gasteiger partial charge in [-0.05, 0) is 54.9 Å². The highest BCUT2D eigenvalue weighted by molar-refractivity contribution is 9.11. The molecule has 0 saturated carbocycles. The van der Waals surface area contributed by atoms with Crippen molar-refractivity contribution in [2.75, 3.05) is 7.05 Å². The third-order valence-electron chi connectivity index (χ3n) is 2.49. The zero-order valence-corrected chi connectivity index (χ0v) is 15.7. The third kappa shape index (κ3) is 3.61. The van der Waals surface area contributed by atoms with Crippen molar-refractivity contribution in [2.45, 2.75) is 11.4 Å². The van der Waals surface area contributed by atoms with Crippen LogP contribution in [0.1, 0.15) is 5.56 Å². The first kappa shape index (κ1) is 16.4. The molecule has 4 nitrogen and oxygen atoms in total. The van der Waals surface area contributed by atoms with Gasteiger partial charge in [-0.1, -0.05) is 11.6 Å². The lowest BCUT2D eigenvalue weighted by molar-refractivity contribution is 0.467. The lowest BCUT2D eigenvalue weighted by atomic mass is 10.3. The molecule has 0 aliphatic rings. The van der Waals surface area contributed by atoms with Gasteiger partial charge in [-0.3, -0.25) is 0 Å². The number of rotatable bonds is 4. The van der Waals surface area contributed by atoms with E-state index in [2.05, 4.69) is 36.8 Å². The predicted octanol–water partition coefficient (Wildman–Crippen LogP) is 4.14. The number of pyridine rings is 1. The molecule has 0 aromatic carbocycles. The van der Waals surface area contributed by atoms with Crippen molar-refractivity contribution < 1.29 is 8.42 Å². The third-order valence-corrected chi connectivity index (χ3v) is 6.71. The normalized spacial score (nSPS) is 12.1. The Labute approximate surface area is 143 Å². The van der Waals surface area contributed by atoms with E-state index in [1.54, 1.807) is 0 Å². The summed E-state index contributed by atoms with van der Waals surface area (Å²) in [5.41, 5.74) is 0.909. The molecule has 0 unspecified atom stereocenters. The number of hydrogen-bond donors (Lipinski definition) is 0. The standard InChI is InChI=1S/C11H9Br2ClN2O2S2/c1-16(5-7-2-10(13)19-6-7)20(17,18)9-3-8(12)4-15-11(9)14/h2-4,6H,5H2,1H3. The summed E-state index contributed by atoms with van der Waals surface area (Å²) < 4.78 is 27.7. The van der Waals surface area contributed by atoms with Crippen molar-refractivity contribution in [1.82, 2.24) is 9.29 Å². The molecule has 9 heteroatoms. The zero-order chi connectivity index (χ0) is 14.9. The van der Waals surface area contributed by atoms with E-state index in [1.807, 2.05) is 11.4 Å². The van der Waals surface area contributed by atoms with Gasteiger partial charge >= 0.3 is 0 Å². The van der Waals surface area contributed by atoms with Gasteiger partial charge in [0, 0.05) is 24.3 Å². The van der Waals surface area contributed by atoms with Gasteiger partial charge in [-0.15, -0.1) is 11.3 Å². The van der Waals surface area contributed by atoms with Crippen LogP contribution in [-0.4, -0.2) is 24.8 Å². The Bertz CT molecular complexity index is 734. The lowest BCUT2D eigenvalue weighted by Crippen LogP contribution is -2.26. The van der Waals surface area contributed by atoms with Gasteiger partial charge in [0.1, 0.15) is 10.0 Å². The first-order valence-corrected chi connectivity index (χ1v) is 9.59. The van der Waals surface area contributed by atoms with Crippen LogP contribution in [0.4, 0.5) is 0 Å². The van der Waals surface area contributed by atoms with Gasteiger partial charge in [-0.25, -0.2) is 13.4 Å². The highest BCUT2D eigenvalue weighted by Crippen LogP contribution is 2.27. The van der Waals surface area contributed by atoms with E-state index in [1.165, 1.54) is 35.0 Å². The van der Waals surface area contributed by atoms with Crippen molar-refractivity contribution in [3.8, 4) is 0 Å². The summed E-state index contributed by atoms with van der Waals surface area (Å²) in [4.78, 5) is 3.84. The summed E-state index contributed by atoms with van der Waals surface area (Å²) in [5.74, 6) is 0.